The van der Waals surface area contributed by atoms with Crippen molar-refractivity contribution in [2.75, 3.05) is 0 Å². The quantitative estimate of drug-likeness (QED) is 0.572. The maximum Gasteiger partial charge on any atom is 0.336 e. The lowest BCUT2D eigenvalue weighted by Gasteiger charge is -2.22. The summed E-state index contributed by atoms with van der Waals surface area (Å²) in [5.74, 6) is -3.04. The summed E-state index contributed by atoms with van der Waals surface area (Å²) in [5, 5.41) is 26.4. The summed E-state index contributed by atoms with van der Waals surface area (Å²) in [6.45, 7) is 1.83. The standard InChI is InChI=1S/C9H14O6/c1-2-9(3-4-9)15-6(8(13)14)5(10)7(11)12/h5-6,10H,2-4H2,1H3,(H,11,12)(H,13,14). The zero-order valence-electron chi connectivity index (χ0n) is 8.34. The molecule has 0 spiro atoms. The van der Waals surface area contributed by atoms with Crippen LogP contribution in [0.2, 0.25) is 0 Å². The van der Waals surface area contributed by atoms with Gasteiger partial charge >= 0.3 is 11.9 Å². The van der Waals surface area contributed by atoms with E-state index in [4.69, 9.17) is 20.1 Å². The third-order valence-electron chi connectivity index (χ3n) is 2.61. The number of aliphatic carboxylic acids is 2. The van der Waals surface area contributed by atoms with E-state index in [0.717, 1.165) is 0 Å². The maximum absolute atomic E-state index is 10.7. The molecule has 1 fully saturated rings. The van der Waals surface area contributed by atoms with Crippen LogP contribution in [0.3, 0.4) is 0 Å². The van der Waals surface area contributed by atoms with Crippen LogP contribution in [0.1, 0.15) is 26.2 Å². The van der Waals surface area contributed by atoms with Crippen LogP contribution in [-0.4, -0.2) is 45.1 Å². The van der Waals surface area contributed by atoms with Gasteiger partial charge in [0.2, 0.25) is 0 Å². The highest BCUT2D eigenvalue weighted by molar-refractivity contribution is 5.83. The second-order valence-electron chi connectivity index (χ2n) is 3.70. The molecule has 2 unspecified atom stereocenters. The van der Waals surface area contributed by atoms with Crippen LogP contribution in [0.15, 0.2) is 0 Å². The minimum absolute atomic E-state index is 0.542. The normalized spacial score (nSPS) is 21.7. The zero-order chi connectivity index (χ0) is 11.6. The fourth-order valence-electron chi connectivity index (χ4n) is 1.34. The third-order valence-corrected chi connectivity index (χ3v) is 2.61. The molecular weight excluding hydrogens is 204 g/mol. The molecule has 0 bridgehead atoms. The first-order valence-corrected chi connectivity index (χ1v) is 4.73. The first-order valence-electron chi connectivity index (χ1n) is 4.73. The van der Waals surface area contributed by atoms with Crippen molar-refractivity contribution in [3.05, 3.63) is 0 Å². The summed E-state index contributed by atoms with van der Waals surface area (Å²) in [6.07, 6.45) is -1.68. The number of carboxylic acids is 2. The number of carbonyl (C=O) groups is 2. The lowest BCUT2D eigenvalue weighted by Crippen LogP contribution is -2.44. The van der Waals surface area contributed by atoms with Crippen LogP contribution < -0.4 is 0 Å². The van der Waals surface area contributed by atoms with E-state index in [0.29, 0.717) is 19.3 Å². The first kappa shape index (κ1) is 11.9. The molecule has 0 aromatic heterocycles. The molecule has 1 rings (SSSR count). The second kappa shape index (κ2) is 4.16. The van der Waals surface area contributed by atoms with Crippen LogP contribution in [-0.2, 0) is 14.3 Å². The molecule has 86 valence electrons. The summed E-state index contributed by atoms with van der Waals surface area (Å²) < 4.78 is 5.15. The fraction of sp³-hybridized carbons (Fsp3) is 0.778. The Morgan fingerprint density at radius 2 is 1.87 bits per heavy atom. The Balaban J connectivity index is 2.67. The molecule has 15 heavy (non-hydrogen) atoms. The molecule has 0 aliphatic heterocycles. The third kappa shape index (κ3) is 2.66. The van der Waals surface area contributed by atoms with Crippen LogP contribution in [0.5, 0.6) is 0 Å². The molecule has 3 N–H and O–H groups in total. The van der Waals surface area contributed by atoms with Gasteiger partial charge in [-0.15, -0.1) is 0 Å². The van der Waals surface area contributed by atoms with E-state index in [-0.39, 0.29) is 0 Å². The predicted molar refractivity (Wildman–Crippen MR) is 48.4 cm³/mol. The molecule has 2 atom stereocenters. The van der Waals surface area contributed by atoms with Gasteiger partial charge in [0, 0.05) is 0 Å². The summed E-state index contributed by atoms with van der Waals surface area (Å²) >= 11 is 0. The number of ether oxygens (including phenoxy) is 1. The zero-order valence-corrected chi connectivity index (χ0v) is 8.34. The highest BCUT2D eigenvalue weighted by Gasteiger charge is 2.48. The Morgan fingerprint density at radius 3 is 2.13 bits per heavy atom. The van der Waals surface area contributed by atoms with Crippen molar-refractivity contribution < 1.29 is 29.6 Å². The number of aliphatic hydroxyl groups excluding tert-OH is 1. The lowest BCUT2D eigenvalue weighted by molar-refractivity contribution is -0.178. The Labute approximate surface area is 86.5 Å². The summed E-state index contributed by atoms with van der Waals surface area (Å²) in [6, 6.07) is 0. The minimum Gasteiger partial charge on any atom is -0.479 e. The van der Waals surface area contributed by atoms with E-state index in [1.54, 1.807) is 0 Å². The molecular formula is C9H14O6. The van der Waals surface area contributed by atoms with Crippen molar-refractivity contribution in [3.63, 3.8) is 0 Å². The Morgan fingerprint density at radius 1 is 1.33 bits per heavy atom. The molecule has 0 saturated heterocycles. The van der Waals surface area contributed by atoms with Gasteiger partial charge in [-0.2, -0.15) is 0 Å². The largest absolute Gasteiger partial charge is 0.479 e. The van der Waals surface area contributed by atoms with Crippen molar-refractivity contribution in [2.45, 2.75) is 44.0 Å². The average molecular weight is 218 g/mol. The SMILES string of the molecule is CCC1(OC(C(=O)O)C(O)C(=O)O)CC1. The maximum atomic E-state index is 10.7. The summed E-state index contributed by atoms with van der Waals surface area (Å²) in [5.41, 5.74) is -0.542. The Bertz CT molecular complexity index is 270. The molecule has 0 aromatic carbocycles. The smallest absolute Gasteiger partial charge is 0.336 e. The highest BCUT2D eigenvalue weighted by Crippen LogP contribution is 2.43. The monoisotopic (exact) mass is 218 g/mol. The highest BCUT2D eigenvalue weighted by atomic mass is 16.6. The molecule has 1 aliphatic carbocycles. The number of carboxylic acid groups (broad SMARTS) is 2. The van der Waals surface area contributed by atoms with Gasteiger partial charge < -0.3 is 20.1 Å². The number of hydrogen-bond donors (Lipinski definition) is 3. The summed E-state index contributed by atoms with van der Waals surface area (Å²) in [7, 11) is 0. The van der Waals surface area contributed by atoms with Crippen molar-refractivity contribution >= 4 is 11.9 Å². The lowest BCUT2D eigenvalue weighted by atomic mass is 10.2. The fourth-order valence-corrected chi connectivity index (χ4v) is 1.34. The van der Waals surface area contributed by atoms with Crippen LogP contribution >= 0.6 is 0 Å². The summed E-state index contributed by atoms with van der Waals surface area (Å²) in [4.78, 5) is 21.2. The molecule has 6 heteroatoms. The molecule has 0 aromatic rings. The van der Waals surface area contributed by atoms with Gasteiger partial charge in [0.1, 0.15) is 0 Å². The molecule has 0 radical (unpaired) electrons. The Hall–Kier alpha value is -1.14. The van der Waals surface area contributed by atoms with Crippen molar-refractivity contribution in [1.82, 2.24) is 0 Å². The van der Waals surface area contributed by atoms with E-state index in [1.165, 1.54) is 0 Å². The van der Waals surface area contributed by atoms with Gasteiger partial charge in [-0.1, -0.05) is 6.92 Å². The van der Waals surface area contributed by atoms with Crippen LogP contribution in [0.4, 0.5) is 0 Å². The van der Waals surface area contributed by atoms with Gasteiger partial charge in [0.15, 0.2) is 12.2 Å². The Kier molecular flexibility index (Phi) is 3.31. The van der Waals surface area contributed by atoms with E-state index in [2.05, 4.69) is 0 Å². The minimum atomic E-state index is -2.02. The van der Waals surface area contributed by atoms with Gasteiger partial charge in [0.25, 0.3) is 0 Å². The number of hydrogen-bond acceptors (Lipinski definition) is 4. The van der Waals surface area contributed by atoms with Crippen molar-refractivity contribution in [1.29, 1.82) is 0 Å². The molecule has 0 heterocycles. The van der Waals surface area contributed by atoms with Gasteiger partial charge in [-0.25, -0.2) is 9.59 Å². The van der Waals surface area contributed by atoms with Crippen molar-refractivity contribution in [2.24, 2.45) is 0 Å². The molecule has 6 nitrogen and oxygen atoms in total. The average Bonchev–Trinajstić information content (AvgIpc) is 2.93. The number of aliphatic hydroxyl groups is 1. The van der Waals surface area contributed by atoms with Crippen LogP contribution in [0, 0.1) is 0 Å². The van der Waals surface area contributed by atoms with Crippen molar-refractivity contribution in [3.8, 4) is 0 Å². The van der Waals surface area contributed by atoms with E-state index in [1.807, 2.05) is 6.92 Å². The predicted octanol–water partition coefficient (Wildman–Crippen LogP) is -0.156. The molecule has 0 amide bonds. The topological polar surface area (TPSA) is 104 Å². The van der Waals surface area contributed by atoms with Gasteiger partial charge in [-0.3, -0.25) is 0 Å². The van der Waals surface area contributed by atoms with E-state index in [9.17, 15) is 9.59 Å². The molecule has 1 saturated carbocycles. The van der Waals surface area contributed by atoms with Gasteiger partial charge in [-0.05, 0) is 19.3 Å². The van der Waals surface area contributed by atoms with Crippen LogP contribution in [0.25, 0.3) is 0 Å². The first-order chi connectivity index (χ1) is 6.92. The van der Waals surface area contributed by atoms with E-state index >= 15 is 0 Å². The van der Waals surface area contributed by atoms with Gasteiger partial charge in [0.05, 0.1) is 5.60 Å². The second-order valence-corrected chi connectivity index (χ2v) is 3.70. The molecule has 1 aliphatic rings. The van der Waals surface area contributed by atoms with E-state index < -0.39 is 29.7 Å². The number of rotatable bonds is 6.